The maximum absolute atomic E-state index is 13.1. The highest BCUT2D eigenvalue weighted by molar-refractivity contribution is 5.76. The van der Waals surface area contributed by atoms with E-state index in [2.05, 4.69) is 92.1 Å². The zero-order valence-corrected chi connectivity index (χ0v) is 48.3. The molecule has 1 rings (SSSR count). The zero-order valence-electron chi connectivity index (χ0n) is 48.3. The summed E-state index contributed by atoms with van der Waals surface area (Å²) in [6.07, 6.45) is 70.9. The Kier molecular flexibility index (Phi) is 51.3. The highest BCUT2D eigenvalue weighted by Crippen LogP contribution is 2.23. The molecular weight excluding hydrogens is 935 g/mol. The van der Waals surface area contributed by atoms with Crippen molar-refractivity contribution in [2.24, 2.45) is 0 Å². The summed E-state index contributed by atoms with van der Waals surface area (Å²) in [5, 5.41) is 54.6. The third-order valence-corrected chi connectivity index (χ3v) is 14.4. The Labute approximate surface area is 461 Å². The zero-order chi connectivity index (χ0) is 54.3. The molecule has 434 valence electrons. The first-order chi connectivity index (χ1) is 36.8. The van der Waals surface area contributed by atoms with Crippen molar-refractivity contribution in [3.8, 4) is 0 Å². The van der Waals surface area contributed by atoms with Crippen LogP contribution < -0.4 is 5.32 Å². The van der Waals surface area contributed by atoms with Crippen molar-refractivity contribution in [2.45, 2.75) is 314 Å². The third kappa shape index (κ3) is 44.0. The number of nitrogens with one attached hydrogen (secondary N) is 1. The SMILES string of the molecule is CC/C=C\C/C=C\C/C=C\C/C=C\CCCCCCCCCCCCCCCCCCCCC(=O)NC(COC1OC(CO)C(O)C(O)C1O)C(O)/C=C/CC/C=C/CC/C=C/CCCCCCCCCCCCC. The quantitative estimate of drug-likeness (QED) is 0.0261. The van der Waals surface area contributed by atoms with E-state index in [-0.39, 0.29) is 12.5 Å². The highest BCUT2D eigenvalue weighted by Gasteiger charge is 2.44. The van der Waals surface area contributed by atoms with E-state index in [1.165, 1.54) is 180 Å². The molecule has 1 heterocycles. The van der Waals surface area contributed by atoms with Gasteiger partial charge in [0.1, 0.15) is 24.4 Å². The Balaban J connectivity index is 2.19. The lowest BCUT2D eigenvalue weighted by Crippen LogP contribution is -2.60. The van der Waals surface area contributed by atoms with Gasteiger partial charge in [0, 0.05) is 6.42 Å². The van der Waals surface area contributed by atoms with Crippen LogP contribution in [0.2, 0.25) is 0 Å². The Morgan fingerprint density at radius 3 is 1.28 bits per heavy atom. The largest absolute Gasteiger partial charge is 0.394 e. The van der Waals surface area contributed by atoms with Crippen molar-refractivity contribution < 1.29 is 39.8 Å². The molecule has 1 fully saturated rings. The van der Waals surface area contributed by atoms with Gasteiger partial charge in [-0.3, -0.25) is 4.79 Å². The van der Waals surface area contributed by atoms with Crippen molar-refractivity contribution in [1.29, 1.82) is 0 Å². The number of allylic oxidation sites excluding steroid dienone is 13. The highest BCUT2D eigenvalue weighted by atomic mass is 16.7. The number of unbranched alkanes of at least 4 members (excludes halogenated alkanes) is 31. The molecule has 9 heteroatoms. The van der Waals surface area contributed by atoms with Crippen LogP contribution in [0.15, 0.2) is 85.1 Å². The molecule has 1 aliphatic heterocycles. The average molecular weight is 1050 g/mol. The minimum atomic E-state index is -1.58. The summed E-state index contributed by atoms with van der Waals surface area (Å²) >= 11 is 0. The molecule has 6 N–H and O–H groups in total. The monoisotopic (exact) mass is 1050 g/mol. The van der Waals surface area contributed by atoms with E-state index >= 15 is 0 Å². The van der Waals surface area contributed by atoms with Gasteiger partial charge in [-0.2, -0.15) is 0 Å². The molecule has 1 amide bonds. The second kappa shape index (κ2) is 54.7. The van der Waals surface area contributed by atoms with E-state index in [1.54, 1.807) is 6.08 Å². The lowest BCUT2D eigenvalue weighted by Gasteiger charge is -2.40. The van der Waals surface area contributed by atoms with Crippen LogP contribution in [-0.4, -0.2) is 87.5 Å². The lowest BCUT2D eigenvalue weighted by molar-refractivity contribution is -0.302. The molecule has 0 bridgehead atoms. The molecule has 1 saturated heterocycles. The fourth-order valence-corrected chi connectivity index (χ4v) is 9.53. The Bertz CT molecular complexity index is 1450. The predicted molar refractivity (Wildman–Crippen MR) is 318 cm³/mol. The second-order valence-electron chi connectivity index (χ2n) is 21.4. The van der Waals surface area contributed by atoms with Crippen molar-refractivity contribution in [2.75, 3.05) is 13.2 Å². The van der Waals surface area contributed by atoms with E-state index in [1.807, 2.05) is 6.08 Å². The number of carbonyl (C=O) groups excluding carboxylic acids is 1. The van der Waals surface area contributed by atoms with Gasteiger partial charge in [-0.1, -0.05) is 266 Å². The molecule has 0 radical (unpaired) electrons. The second-order valence-corrected chi connectivity index (χ2v) is 21.4. The molecule has 0 aliphatic carbocycles. The number of hydrogen-bond donors (Lipinski definition) is 6. The van der Waals surface area contributed by atoms with Crippen molar-refractivity contribution in [3.05, 3.63) is 85.1 Å². The van der Waals surface area contributed by atoms with E-state index < -0.39 is 49.5 Å². The summed E-state index contributed by atoms with van der Waals surface area (Å²) in [7, 11) is 0. The number of rotatable bonds is 53. The van der Waals surface area contributed by atoms with Gasteiger partial charge in [0.2, 0.25) is 5.91 Å². The first-order valence-electron chi connectivity index (χ1n) is 31.3. The molecule has 1 aliphatic rings. The third-order valence-electron chi connectivity index (χ3n) is 14.4. The van der Waals surface area contributed by atoms with Crippen LogP contribution in [0, 0.1) is 0 Å². The first kappa shape index (κ1) is 70.4. The Morgan fingerprint density at radius 2 is 0.840 bits per heavy atom. The number of aliphatic hydroxyl groups is 5. The van der Waals surface area contributed by atoms with Crippen LogP contribution in [0.5, 0.6) is 0 Å². The fourth-order valence-electron chi connectivity index (χ4n) is 9.53. The lowest BCUT2D eigenvalue weighted by atomic mass is 9.99. The van der Waals surface area contributed by atoms with Crippen LogP contribution in [0.25, 0.3) is 0 Å². The van der Waals surface area contributed by atoms with Crippen LogP contribution in [0.1, 0.15) is 271 Å². The molecule has 0 aromatic rings. The molecular formula is C66H117NO8. The van der Waals surface area contributed by atoms with Gasteiger partial charge in [0.05, 0.1) is 25.4 Å². The molecule has 9 nitrogen and oxygen atoms in total. The normalized spacial score (nSPS) is 19.5. The number of carbonyl (C=O) groups is 1. The van der Waals surface area contributed by atoms with Gasteiger partial charge in [-0.25, -0.2) is 0 Å². The van der Waals surface area contributed by atoms with Gasteiger partial charge in [0.25, 0.3) is 0 Å². The van der Waals surface area contributed by atoms with E-state index in [0.29, 0.717) is 6.42 Å². The summed E-state index contributed by atoms with van der Waals surface area (Å²) in [4.78, 5) is 13.1. The van der Waals surface area contributed by atoms with Crippen LogP contribution in [0.3, 0.4) is 0 Å². The summed E-state index contributed by atoms with van der Waals surface area (Å²) in [5.41, 5.74) is 0. The summed E-state index contributed by atoms with van der Waals surface area (Å²) in [5.74, 6) is -0.190. The molecule has 0 spiro atoms. The van der Waals surface area contributed by atoms with Gasteiger partial charge >= 0.3 is 0 Å². The topological polar surface area (TPSA) is 149 Å². The maximum atomic E-state index is 13.1. The number of hydrogen-bond acceptors (Lipinski definition) is 8. The van der Waals surface area contributed by atoms with Gasteiger partial charge in [0.15, 0.2) is 6.29 Å². The minimum Gasteiger partial charge on any atom is -0.394 e. The number of aliphatic hydroxyl groups excluding tert-OH is 5. The summed E-state index contributed by atoms with van der Waals surface area (Å²) in [6.45, 7) is 3.66. The van der Waals surface area contributed by atoms with Crippen LogP contribution >= 0.6 is 0 Å². The Hall–Kier alpha value is -2.63. The molecule has 7 unspecified atom stereocenters. The maximum Gasteiger partial charge on any atom is 0.220 e. The molecule has 7 atom stereocenters. The van der Waals surface area contributed by atoms with Gasteiger partial charge in [-0.05, 0) is 83.5 Å². The smallest absolute Gasteiger partial charge is 0.220 e. The summed E-state index contributed by atoms with van der Waals surface area (Å²) in [6, 6.07) is -0.832. The van der Waals surface area contributed by atoms with E-state index in [9.17, 15) is 30.3 Å². The first-order valence-corrected chi connectivity index (χ1v) is 31.3. The average Bonchev–Trinajstić information content (AvgIpc) is 3.41. The standard InChI is InChI=1S/C66H117NO8/c1-3-5-7-9-11-13-15-17-19-21-23-25-26-27-28-29-30-31-32-33-34-36-38-40-42-44-46-48-50-52-54-56-62(70)67-59(58-74-66-65(73)64(72)63(71)61(57-68)75-66)60(69)55-53-51-49-47-45-43-41-39-37-35-24-22-20-18-16-14-12-10-8-6-4-2/h5,7,11,13,17,19,23,25,37,39,45,47,53,55,59-61,63-66,68-69,71-73H,3-4,6,8-10,12,14-16,18,20-22,24,26-36,38,40-44,46,48-52,54,56-58H2,1-2H3,(H,67,70)/b7-5-,13-11-,19-17-,25-23-,39-37+,47-45+,55-53+. The van der Waals surface area contributed by atoms with E-state index in [4.69, 9.17) is 9.47 Å². The number of amides is 1. The van der Waals surface area contributed by atoms with E-state index in [0.717, 1.165) is 70.6 Å². The molecule has 0 aromatic carbocycles. The Morgan fingerprint density at radius 1 is 0.467 bits per heavy atom. The molecule has 75 heavy (non-hydrogen) atoms. The van der Waals surface area contributed by atoms with Crippen molar-refractivity contribution in [1.82, 2.24) is 5.32 Å². The van der Waals surface area contributed by atoms with Gasteiger partial charge in [-0.15, -0.1) is 0 Å². The summed E-state index contributed by atoms with van der Waals surface area (Å²) < 4.78 is 11.3. The fraction of sp³-hybridized carbons (Fsp3) is 0.773. The van der Waals surface area contributed by atoms with Crippen molar-refractivity contribution >= 4 is 5.91 Å². The van der Waals surface area contributed by atoms with Crippen LogP contribution in [0.4, 0.5) is 0 Å². The van der Waals surface area contributed by atoms with Crippen molar-refractivity contribution in [3.63, 3.8) is 0 Å². The van der Waals surface area contributed by atoms with Gasteiger partial charge < -0.3 is 40.3 Å². The predicted octanol–water partition coefficient (Wildman–Crippen LogP) is 16.2. The number of ether oxygens (including phenoxy) is 2. The molecule has 0 aromatic heterocycles. The van der Waals surface area contributed by atoms with Crippen LogP contribution in [-0.2, 0) is 14.3 Å². The molecule has 0 saturated carbocycles. The minimum absolute atomic E-state index is 0.190.